The molecule has 0 bridgehead atoms. The van der Waals surface area contributed by atoms with E-state index >= 15 is 0 Å². The van der Waals surface area contributed by atoms with Crippen molar-refractivity contribution < 1.29 is 9.59 Å². The molecule has 0 saturated heterocycles. The van der Waals surface area contributed by atoms with Gasteiger partial charge in [-0.1, -0.05) is 42.5 Å². The van der Waals surface area contributed by atoms with E-state index in [2.05, 4.69) is 15.8 Å². The molecular weight excluding hydrogens is 349 g/mol. The number of carbonyl (C=O) groups is 2. The molecule has 130 valence electrons. The molecule has 1 aliphatic carbocycles. The summed E-state index contributed by atoms with van der Waals surface area (Å²) in [6.07, 6.45) is 5.27. The largest absolute Gasteiger partial charge is 0.324 e. The minimum absolute atomic E-state index is 0.0389. The van der Waals surface area contributed by atoms with Crippen molar-refractivity contribution in [3.63, 3.8) is 0 Å². The third-order valence-electron chi connectivity index (χ3n) is 3.95. The van der Waals surface area contributed by atoms with E-state index < -0.39 is 0 Å². The van der Waals surface area contributed by atoms with E-state index in [1.165, 1.54) is 6.42 Å². The first-order valence-corrected chi connectivity index (χ1v) is 8.79. The monoisotopic (exact) mass is 369 g/mol. The van der Waals surface area contributed by atoms with Crippen LogP contribution in [0.15, 0.2) is 23.3 Å². The maximum Gasteiger partial charge on any atom is 0.243 e. The number of anilines is 1. The van der Waals surface area contributed by atoms with Crippen molar-refractivity contribution >= 4 is 46.4 Å². The molecule has 0 aromatic heterocycles. The Balaban J connectivity index is 1.82. The summed E-state index contributed by atoms with van der Waals surface area (Å²) in [6.45, 7) is 1.70. The zero-order valence-electron chi connectivity index (χ0n) is 13.6. The highest BCUT2D eigenvalue weighted by Crippen LogP contribution is 2.25. The van der Waals surface area contributed by atoms with Crippen molar-refractivity contribution in [1.29, 1.82) is 0 Å². The number of benzene rings is 1. The van der Waals surface area contributed by atoms with Gasteiger partial charge in [0, 0.05) is 16.7 Å². The lowest BCUT2D eigenvalue weighted by molar-refractivity contribution is -0.126. The first-order valence-electron chi connectivity index (χ1n) is 8.03. The van der Waals surface area contributed by atoms with Gasteiger partial charge in [0.25, 0.3) is 0 Å². The second-order valence-electron chi connectivity index (χ2n) is 6.01. The van der Waals surface area contributed by atoms with E-state index in [0.29, 0.717) is 21.4 Å². The second kappa shape index (κ2) is 9.04. The summed E-state index contributed by atoms with van der Waals surface area (Å²) in [6, 6.07) is 4.85. The molecule has 2 amide bonds. The van der Waals surface area contributed by atoms with Crippen molar-refractivity contribution in [1.82, 2.24) is 5.43 Å². The van der Waals surface area contributed by atoms with E-state index in [-0.39, 0.29) is 24.2 Å². The smallest absolute Gasteiger partial charge is 0.243 e. The predicted molar refractivity (Wildman–Crippen MR) is 97.5 cm³/mol. The first-order chi connectivity index (χ1) is 11.5. The molecule has 0 heterocycles. The molecular formula is C17H21Cl2N3O2. The molecule has 1 aromatic carbocycles. The van der Waals surface area contributed by atoms with E-state index in [1.807, 2.05) is 0 Å². The summed E-state index contributed by atoms with van der Waals surface area (Å²) in [5, 5.41) is 7.59. The quantitative estimate of drug-likeness (QED) is 0.596. The van der Waals surface area contributed by atoms with Crippen molar-refractivity contribution in [2.24, 2.45) is 11.0 Å². The number of nitrogens with zero attached hydrogens (tertiary/aromatic N) is 1. The molecule has 2 rings (SSSR count). The van der Waals surface area contributed by atoms with E-state index in [4.69, 9.17) is 23.2 Å². The predicted octanol–water partition coefficient (Wildman–Crippen LogP) is 4.39. The second-order valence-corrected chi connectivity index (χ2v) is 6.85. The lowest BCUT2D eigenvalue weighted by atomic mass is 9.89. The highest BCUT2D eigenvalue weighted by atomic mass is 35.5. The number of halogens is 2. The summed E-state index contributed by atoms with van der Waals surface area (Å²) in [5.74, 6) is -0.278. The van der Waals surface area contributed by atoms with E-state index in [1.54, 1.807) is 25.1 Å². The summed E-state index contributed by atoms with van der Waals surface area (Å²) in [4.78, 5) is 24.0. The first kappa shape index (κ1) is 18.7. The Morgan fingerprint density at radius 2 is 1.92 bits per heavy atom. The van der Waals surface area contributed by atoms with Crippen LogP contribution >= 0.6 is 23.2 Å². The molecule has 0 aliphatic heterocycles. The van der Waals surface area contributed by atoms with Crippen LogP contribution in [-0.2, 0) is 9.59 Å². The average Bonchev–Trinajstić information content (AvgIpc) is 2.56. The van der Waals surface area contributed by atoms with E-state index in [9.17, 15) is 9.59 Å². The Hall–Kier alpha value is -1.59. The number of hydrogen-bond donors (Lipinski definition) is 2. The Kier molecular flexibility index (Phi) is 7.06. The van der Waals surface area contributed by atoms with Gasteiger partial charge in [-0.15, -0.1) is 0 Å². The number of nitrogens with one attached hydrogen (secondary N) is 2. The number of amides is 2. The standard InChI is InChI=1S/C17H21Cl2N3O2/c1-11(21-22-17(24)12-5-3-2-4-6-12)9-16(23)20-15-8-7-13(18)10-14(15)19/h7-8,10,12H,2-6,9H2,1H3,(H,20,23)(H,22,24)/b21-11-. The maximum atomic E-state index is 12.0. The fourth-order valence-electron chi connectivity index (χ4n) is 2.66. The van der Waals surface area contributed by atoms with Crippen molar-refractivity contribution in [2.75, 3.05) is 5.32 Å². The number of rotatable bonds is 5. The Bertz CT molecular complexity index is 641. The number of hydrogen-bond acceptors (Lipinski definition) is 3. The summed E-state index contributed by atoms with van der Waals surface area (Å²) < 4.78 is 0. The molecule has 1 aromatic rings. The molecule has 0 spiro atoms. The van der Waals surface area contributed by atoms with Crippen molar-refractivity contribution in [2.45, 2.75) is 45.4 Å². The van der Waals surface area contributed by atoms with Gasteiger partial charge < -0.3 is 5.32 Å². The third-order valence-corrected chi connectivity index (χ3v) is 4.50. The van der Waals surface area contributed by atoms with Crippen LogP contribution < -0.4 is 10.7 Å². The van der Waals surface area contributed by atoms with Gasteiger partial charge in [0.15, 0.2) is 0 Å². The summed E-state index contributed by atoms with van der Waals surface area (Å²) in [5.41, 5.74) is 3.59. The topological polar surface area (TPSA) is 70.6 Å². The molecule has 5 nitrogen and oxygen atoms in total. The molecule has 1 aliphatic rings. The molecule has 0 atom stereocenters. The Labute approximate surface area is 151 Å². The highest BCUT2D eigenvalue weighted by Gasteiger charge is 2.20. The maximum absolute atomic E-state index is 12.0. The van der Waals surface area contributed by atoms with Crippen LogP contribution in [0.1, 0.15) is 45.4 Å². The zero-order chi connectivity index (χ0) is 17.5. The molecule has 0 unspecified atom stereocenters. The van der Waals surface area contributed by atoms with Crippen LogP contribution in [0.2, 0.25) is 10.0 Å². The lowest BCUT2D eigenvalue weighted by Crippen LogP contribution is -2.29. The van der Waals surface area contributed by atoms with E-state index in [0.717, 1.165) is 25.7 Å². The molecule has 1 fully saturated rings. The fraction of sp³-hybridized carbons (Fsp3) is 0.471. The Morgan fingerprint density at radius 3 is 2.58 bits per heavy atom. The van der Waals surface area contributed by atoms with Crippen LogP contribution in [0.4, 0.5) is 5.69 Å². The Morgan fingerprint density at radius 1 is 1.21 bits per heavy atom. The van der Waals surface area contributed by atoms with Gasteiger partial charge in [-0.05, 0) is 38.0 Å². The summed E-state index contributed by atoms with van der Waals surface area (Å²) in [7, 11) is 0. The van der Waals surface area contributed by atoms with Crippen molar-refractivity contribution in [3.8, 4) is 0 Å². The van der Waals surface area contributed by atoms with Crippen LogP contribution in [-0.4, -0.2) is 17.5 Å². The van der Waals surface area contributed by atoms with Gasteiger partial charge in [-0.3, -0.25) is 9.59 Å². The minimum atomic E-state index is -0.257. The number of carbonyl (C=O) groups excluding carboxylic acids is 2. The van der Waals surface area contributed by atoms with Crippen molar-refractivity contribution in [3.05, 3.63) is 28.2 Å². The molecule has 1 saturated carbocycles. The normalized spacial score (nSPS) is 15.9. The van der Waals surface area contributed by atoms with Gasteiger partial charge in [-0.2, -0.15) is 5.10 Å². The SMILES string of the molecule is C/C(CC(=O)Nc1ccc(Cl)cc1Cl)=N/NC(=O)C1CCCCC1. The molecule has 24 heavy (non-hydrogen) atoms. The average molecular weight is 370 g/mol. The zero-order valence-corrected chi connectivity index (χ0v) is 15.1. The van der Waals surface area contributed by atoms with Gasteiger partial charge in [0.05, 0.1) is 17.1 Å². The van der Waals surface area contributed by atoms with Crippen LogP contribution in [0.3, 0.4) is 0 Å². The molecule has 7 heteroatoms. The minimum Gasteiger partial charge on any atom is -0.324 e. The number of hydrazone groups is 1. The fourth-order valence-corrected chi connectivity index (χ4v) is 3.12. The summed E-state index contributed by atoms with van der Waals surface area (Å²) >= 11 is 11.8. The lowest BCUT2D eigenvalue weighted by Gasteiger charge is -2.19. The molecule has 2 N–H and O–H groups in total. The van der Waals surface area contributed by atoms with Crippen LogP contribution in [0.25, 0.3) is 0 Å². The highest BCUT2D eigenvalue weighted by molar-refractivity contribution is 6.36. The third kappa shape index (κ3) is 5.80. The van der Waals surface area contributed by atoms with Gasteiger partial charge in [0.2, 0.25) is 11.8 Å². The van der Waals surface area contributed by atoms with Gasteiger partial charge in [-0.25, -0.2) is 5.43 Å². The van der Waals surface area contributed by atoms with Gasteiger partial charge >= 0.3 is 0 Å². The van der Waals surface area contributed by atoms with Crippen LogP contribution in [0.5, 0.6) is 0 Å². The van der Waals surface area contributed by atoms with Gasteiger partial charge in [0.1, 0.15) is 0 Å². The molecule has 0 radical (unpaired) electrons. The van der Waals surface area contributed by atoms with Crippen LogP contribution in [0, 0.1) is 5.92 Å².